The van der Waals surface area contributed by atoms with Gasteiger partial charge in [0.1, 0.15) is 17.7 Å². The highest BCUT2D eigenvalue weighted by Crippen LogP contribution is 2.38. The number of halogens is 1. The van der Waals surface area contributed by atoms with Crippen LogP contribution >= 0.6 is 11.8 Å². The summed E-state index contributed by atoms with van der Waals surface area (Å²) in [6.45, 7) is 2.13. The maximum Gasteiger partial charge on any atom is 0.338 e. The normalized spacial score (nSPS) is 20.5. The number of amides is 1. The highest BCUT2D eigenvalue weighted by molar-refractivity contribution is 7.98. The molecule has 192 valence electrons. The van der Waals surface area contributed by atoms with Gasteiger partial charge in [-0.15, -0.1) is 11.8 Å². The highest BCUT2D eigenvalue weighted by atomic mass is 32.2. The monoisotopic (exact) mass is 519 g/mol. The highest BCUT2D eigenvalue weighted by Gasteiger charge is 2.44. The molecule has 1 amide bonds. The lowest BCUT2D eigenvalue weighted by atomic mass is 9.98. The molecule has 2 aliphatic heterocycles. The van der Waals surface area contributed by atoms with Crippen LogP contribution in [0.5, 0.6) is 5.75 Å². The van der Waals surface area contributed by atoms with Crippen molar-refractivity contribution in [2.45, 2.75) is 61.4 Å². The predicted molar refractivity (Wildman–Crippen MR) is 141 cm³/mol. The van der Waals surface area contributed by atoms with E-state index in [-0.39, 0.29) is 35.9 Å². The van der Waals surface area contributed by atoms with Gasteiger partial charge in [-0.1, -0.05) is 12.1 Å². The van der Waals surface area contributed by atoms with Crippen molar-refractivity contribution >= 4 is 23.6 Å². The van der Waals surface area contributed by atoms with Gasteiger partial charge >= 0.3 is 5.97 Å². The third-order valence-electron chi connectivity index (χ3n) is 7.01. The van der Waals surface area contributed by atoms with Gasteiger partial charge in [-0.25, -0.2) is 9.18 Å². The molecule has 0 N–H and O–H groups in total. The van der Waals surface area contributed by atoms with E-state index in [1.54, 1.807) is 43.0 Å². The van der Waals surface area contributed by atoms with Gasteiger partial charge < -0.3 is 14.4 Å². The molecule has 37 heavy (non-hydrogen) atoms. The van der Waals surface area contributed by atoms with Crippen LogP contribution in [0.2, 0.25) is 0 Å². The Labute approximate surface area is 221 Å². The van der Waals surface area contributed by atoms with Crippen molar-refractivity contribution in [3.05, 3.63) is 95.3 Å². The third-order valence-corrected chi connectivity index (χ3v) is 8.10. The molecule has 3 atom stereocenters. The fraction of sp³-hybridized carbons (Fsp3) is 0.333. The number of rotatable bonds is 8. The lowest BCUT2D eigenvalue weighted by Crippen LogP contribution is -2.49. The predicted octanol–water partition coefficient (Wildman–Crippen LogP) is 6.51. The first-order valence-corrected chi connectivity index (χ1v) is 13.7. The molecule has 7 heteroatoms. The van der Waals surface area contributed by atoms with Crippen molar-refractivity contribution in [1.82, 2.24) is 4.90 Å². The van der Waals surface area contributed by atoms with Gasteiger partial charge in [0.05, 0.1) is 12.2 Å². The summed E-state index contributed by atoms with van der Waals surface area (Å²) in [4.78, 5) is 28.3. The van der Waals surface area contributed by atoms with Gasteiger partial charge in [0.25, 0.3) is 5.91 Å². The molecule has 5 nitrogen and oxygen atoms in total. The van der Waals surface area contributed by atoms with E-state index in [4.69, 9.17) is 9.47 Å². The number of hydrogen-bond acceptors (Lipinski definition) is 5. The van der Waals surface area contributed by atoms with E-state index >= 15 is 0 Å². The number of nitrogens with zero attached hydrogens (tertiary/aromatic N) is 1. The quantitative estimate of drug-likeness (QED) is 0.251. The molecule has 0 spiro atoms. The summed E-state index contributed by atoms with van der Waals surface area (Å²) in [5.41, 5.74) is 2.34. The van der Waals surface area contributed by atoms with E-state index in [0.717, 1.165) is 47.6 Å². The van der Waals surface area contributed by atoms with Crippen molar-refractivity contribution in [2.24, 2.45) is 0 Å². The molecule has 0 radical (unpaired) electrons. The standard InChI is InChI=1S/C30H30FNO4S/c1-2-35-30(34)22-7-13-26(14-8-22)36-27-17-24-11-12-25(18-27)32(24)29(33)21-5-3-20(4-6-21)19-37-28-15-9-23(31)10-16-28/h3-10,13-16,24-25,27H,2,11-12,17-19H2,1H3/t24-,25+,27?. The minimum Gasteiger partial charge on any atom is -0.490 e. The molecule has 1 unspecified atom stereocenters. The zero-order chi connectivity index (χ0) is 25.8. The van der Waals surface area contributed by atoms with Crippen molar-refractivity contribution in [3.8, 4) is 5.75 Å². The molecule has 0 aromatic heterocycles. The van der Waals surface area contributed by atoms with Crippen LogP contribution in [0.3, 0.4) is 0 Å². The van der Waals surface area contributed by atoms with E-state index < -0.39 is 0 Å². The Morgan fingerprint density at radius 3 is 2.14 bits per heavy atom. The van der Waals surface area contributed by atoms with Crippen LogP contribution in [0.15, 0.2) is 77.7 Å². The second-order valence-electron chi connectivity index (χ2n) is 9.49. The van der Waals surface area contributed by atoms with Crippen molar-refractivity contribution in [1.29, 1.82) is 0 Å². The lowest BCUT2D eigenvalue weighted by molar-refractivity contribution is 0.0359. The number of piperidine rings is 1. The van der Waals surface area contributed by atoms with Gasteiger partial charge in [0, 0.05) is 41.1 Å². The van der Waals surface area contributed by atoms with Gasteiger partial charge in [0.2, 0.25) is 0 Å². The number of ether oxygens (including phenoxy) is 2. The average molecular weight is 520 g/mol. The van der Waals surface area contributed by atoms with Crippen molar-refractivity contribution < 1.29 is 23.5 Å². The molecule has 2 saturated heterocycles. The smallest absolute Gasteiger partial charge is 0.338 e. The molecule has 2 bridgehead atoms. The Bertz CT molecular complexity index is 1220. The topological polar surface area (TPSA) is 55.8 Å². The van der Waals surface area contributed by atoms with Crippen LogP contribution in [0.25, 0.3) is 0 Å². The Morgan fingerprint density at radius 2 is 1.51 bits per heavy atom. The van der Waals surface area contributed by atoms with Crippen molar-refractivity contribution in [3.63, 3.8) is 0 Å². The summed E-state index contributed by atoms with van der Waals surface area (Å²) in [7, 11) is 0. The fourth-order valence-corrected chi connectivity index (χ4v) is 6.08. The maximum atomic E-state index is 13.4. The first kappa shape index (κ1) is 25.3. The number of hydrogen-bond donors (Lipinski definition) is 0. The van der Waals surface area contributed by atoms with Gasteiger partial charge in [-0.2, -0.15) is 0 Å². The zero-order valence-electron chi connectivity index (χ0n) is 20.8. The number of thioether (sulfide) groups is 1. The second-order valence-corrected chi connectivity index (χ2v) is 10.5. The molecular weight excluding hydrogens is 489 g/mol. The van der Waals surface area contributed by atoms with E-state index in [2.05, 4.69) is 4.90 Å². The first-order valence-electron chi connectivity index (χ1n) is 12.7. The van der Waals surface area contributed by atoms with Crippen LogP contribution in [0.4, 0.5) is 4.39 Å². The Hall–Kier alpha value is -3.32. The number of carbonyl (C=O) groups is 2. The Kier molecular flexibility index (Phi) is 7.79. The maximum absolute atomic E-state index is 13.4. The van der Waals surface area contributed by atoms with E-state index in [1.165, 1.54) is 12.1 Å². The first-order chi connectivity index (χ1) is 18.0. The molecule has 0 saturated carbocycles. The molecule has 3 aromatic carbocycles. The fourth-order valence-electron chi connectivity index (χ4n) is 5.22. The summed E-state index contributed by atoms with van der Waals surface area (Å²) >= 11 is 1.64. The van der Waals surface area contributed by atoms with Crippen LogP contribution < -0.4 is 4.74 Å². The van der Waals surface area contributed by atoms with Gasteiger partial charge in [-0.3, -0.25) is 4.79 Å². The number of benzene rings is 3. The van der Waals surface area contributed by atoms with Gasteiger partial charge in [0.15, 0.2) is 0 Å². The molecule has 2 aliphatic rings. The van der Waals surface area contributed by atoms with Crippen LogP contribution in [-0.4, -0.2) is 41.6 Å². The molecule has 5 rings (SSSR count). The molecular formula is C30H30FNO4S. The van der Waals surface area contributed by atoms with Crippen LogP contribution in [-0.2, 0) is 10.5 Å². The van der Waals surface area contributed by atoms with E-state index in [1.807, 2.05) is 36.4 Å². The minimum atomic E-state index is -0.335. The summed E-state index contributed by atoms with van der Waals surface area (Å²) in [6, 6.07) is 21.7. The van der Waals surface area contributed by atoms with Crippen LogP contribution in [0, 0.1) is 5.82 Å². The summed E-state index contributed by atoms with van der Waals surface area (Å²) in [6.07, 6.45) is 3.62. The third kappa shape index (κ3) is 5.99. The van der Waals surface area contributed by atoms with E-state index in [0.29, 0.717) is 17.7 Å². The number of fused-ring (bicyclic) bond motifs is 2. The largest absolute Gasteiger partial charge is 0.490 e. The molecule has 2 fully saturated rings. The number of esters is 1. The Morgan fingerprint density at radius 1 is 0.892 bits per heavy atom. The second kappa shape index (κ2) is 11.4. The molecule has 2 heterocycles. The average Bonchev–Trinajstić information content (AvgIpc) is 3.18. The van der Waals surface area contributed by atoms with E-state index in [9.17, 15) is 14.0 Å². The summed E-state index contributed by atoms with van der Waals surface area (Å²) in [5.74, 6) is 1.00. The lowest BCUT2D eigenvalue weighted by Gasteiger charge is -2.39. The summed E-state index contributed by atoms with van der Waals surface area (Å²) in [5, 5.41) is 0. The van der Waals surface area contributed by atoms with Crippen molar-refractivity contribution in [2.75, 3.05) is 6.61 Å². The SMILES string of the molecule is CCOC(=O)c1ccc(OC2C[C@H]3CC[C@@H](C2)N3C(=O)c2ccc(CSc3ccc(F)cc3)cc2)cc1. The minimum absolute atomic E-state index is 0.0425. The zero-order valence-corrected chi connectivity index (χ0v) is 21.6. The molecule has 0 aliphatic carbocycles. The summed E-state index contributed by atoms with van der Waals surface area (Å²) < 4.78 is 24.4. The van der Waals surface area contributed by atoms with Gasteiger partial charge in [-0.05, 0) is 86.0 Å². The Balaban J connectivity index is 1.16. The van der Waals surface area contributed by atoms with Crippen LogP contribution in [0.1, 0.15) is 58.9 Å². The number of carbonyl (C=O) groups excluding carboxylic acids is 2. The molecule has 3 aromatic rings.